The molecule has 18 amide bonds. The van der Waals surface area contributed by atoms with Crippen LogP contribution in [0.5, 0.6) is 5.75 Å². The fraction of sp³-hybridized carbons (Fsp3) is 0.533. The number of nitrogens with zero attached hydrogens (tertiary/aromatic N) is 2. The summed E-state index contributed by atoms with van der Waals surface area (Å²) in [6.07, 6.45) is -8.47. The maximum atomic E-state index is 14.8. The predicted octanol–water partition coefficient (Wildman–Crippen LogP) is -6.72. The lowest BCUT2D eigenvalue weighted by Gasteiger charge is -2.31. The van der Waals surface area contributed by atoms with Gasteiger partial charge in [-0.05, 0) is 119 Å². The molecule has 2 fully saturated rings. The number of benzene rings is 3. The first kappa shape index (κ1) is 116. The van der Waals surface area contributed by atoms with Crippen LogP contribution in [0.1, 0.15) is 161 Å². The van der Waals surface area contributed by atoms with Crippen LogP contribution < -0.4 is 91.2 Å². The molecule has 0 unspecified atom stereocenters. The first-order valence-corrected chi connectivity index (χ1v) is 45.3. The van der Waals surface area contributed by atoms with Gasteiger partial charge in [0.05, 0.1) is 32.0 Å². The maximum absolute atomic E-state index is 14.8. The summed E-state index contributed by atoms with van der Waals surface area (Å²) in [4.78, 5) is 324. The monoisotopic (exact) mass is 1980 g/mol. The highest BCUT2D eigenvalue weighted by Gasteiger charge is 2.44. The Morgan fingerprint density at radius 2 is 0.681 bits per heavy atom. The van der Waals surface area contributed by atoms with Crippen molar-refractivity contribution in [2.24, 2.45) is 23.3 Å². The van der Waals surface area contributed by atoms with Crippen molar-refractivity contribution < 1.29 is 156 Å². The van der Waals surface area contributed by atoms with E-state index in [0.29, 0.717) is 16.7 Å². The number of hydrogen-bond donors (Lipinski definition) is 25. The third kappa shape index (κ3) is 39.6. The van der Waals surface area contributed by atoms with E-state index in [-0.39, 0.29) is 82.0 Å². The molecule has 0 bridgehead atoms. The fourth-order valence-electron chi connectivity index (χ4n) is 14.8. The average molecular weight is 1990 g/mol. The number of carbonyl (C=O) groups is 24. The molecule has 27 N–H and O–H groups in total. The Labute approximate surface area is 807 Å². The van der Waals surface area contributed by atoms with Crippen molar-refractivity contribution in [2.45, 2.75) is 267 Å². The Bertz CT molecular complexity index is 4990. The topological polar surface area (TPSA) is 810 Å². The van der Waals surface area contributed by atoms with Gasteiger partial charge < -0.3 is 142 Å². The number of aromatic hydroxyl groups is 1. The number of aliphatic carboxylic acids is 6. The van der Waals surface area contributed by atoms with Crippen molar-refractivity contribution in [3.63, 3.8) is 0 Å². The van der Waals surface area contributed by atoms with E-state index >= 15 is 0 Å². The lowest BCUT2D eigenvalue weighted by Crippen LogP contribution is -2.61. The number of carbonyl (C=O) groups excluding carboxylic acids is 18. The zero-order valence-electron chi connectivity index (χ0n) is 78.5. The Balaban J connectivity index is 1.23. The number of rotatable bonds is 59. The van der Waals surface area contributed by atoms with Crippen LogP contribution in [0.25, 0.3) is 0 Å². The molecule has 3 aromatic carbocycles. The third-order valence-corrected chi connectivity index (χ3v) is 22.5. The molecule has 51 heteroatoms. The number of aliphatic hydroxyl groups is 1. The van der Waals surface area contributed by atoms with Crippen LogP contribution >= 0.6 is 0 Å². The molecule has 2 aliphatic rings. The number of nitrogens with two attached hydrogens (primary N) is 2. The number of phenolic OH excluding ortho intramolecular Hbond substituents is 1. The summed E-state index contributed by atoms with van der Waals surface area (Å²) >= 11 is 0. The molecule has 0 spiro atoms. The highest BCUT2D eigenvalue weighted by molar-refractivity contribution is 6.03. The molecule has 2 aliphatic heterocycles. The molecule has 0 saturated carbocycles. The number of primary amides is 1. The molecular weight excluding hydrogens is 1860 g/mol. The molecule has 51 nitrogen and oxygen atoms in total. The van der Waals surface area contributed by atoms with E-state index in [1.807, 2.05) is 16.0 Å². The molecule has 0 aliphatic carbocycles. The number of amides is 18. The minimum Gasteiger partial charge on any atom is -0.508 e. The molecule has 141 heavy (non-hydrogen) atoms. The van der Waals surface area contributed by atoms with E-state index < -0.39 is 322 Å². The van der Waals surface area contributed by atoms with E-state index in [9.17, 15) is 156 Å². The summed E-state index contributed by atoms with van der Waals surface area (Å²) in [6, 6.07) is -6.14. The number of hydrogen-bond acceptors (Lipinski definition) is 27. The van der Waals surface area contributed by atoms with Crippen LogP contribution in [0.2, 0.25) is 0 Å². The van der Waals surface area contributed by atoms with Gasteiger partial charge in [0, 0.05) is 58.0 Å². The van der Waals surface area contributed by atoms with Crippen molar-refractivity contribution >= 4 is 142 Å². The van der Waals surface area contributed by atoms with Gasteiger partial charge in [-0.1, -0.05) is 100 Å². The zero-order valence-corrected chi connectivity index (χ0v) is 78.5. The first-order valence-electron chi connectivity index (χ1n) is 45.3. The third-order valence-electron chi connectivity index (χ3n) is 22.5. The molecular formula is C90H125N19O32. The predicted molar refractivity (Wildman–Crippen MR) is 489 cm³/mol. The quantitative estimate of drug-likeness (QED) is 0.0250. The van der Waals surface area contributed by atoms with Gasteiger partial charge in [0.15, 0.2) is 0 Å². The van der Waals surface area contributed by atoms with E-state index in [1.165, 1.54) is 24.3 Å². The molecule has 17 atom stereocenters. The Kier molecular flexibility index (Phi) is 47.1. The number of carboxylic acids is 6. The van der Waals surface area contributed by atoms with Crippen LogP contribution in [0.15, 0.2) is 84.9 Å². The second-order valence-corrected chi connectivity index (χ2v) is 34.7. The number of carboxylic acid groups (broad SMARTS) is 6. The minimum absolute atomic E-state index is 0.00134. The Morgan fingerprint density at radius 3 is 1.06 bits per heavy atom. The molecule has 3 aromatic rings. The van der Waals surface area contributed by atoms with Gasteiger partial charge in [0.2, 0.25) is 106 Å². The van der Waals surface area contributed by atoms with Gasteiger partial charge in [-0.2, -0.15) is 0 Å². The number of phenols is 1. The van der Waals surface area contributed by atoms with Crippen LogP contribution in [0.3, 0.4) is 0 Å². The van der Waals surface area contributed by atoms with Gasteiger partial charge in [-0.3, -0.25) is 110 Å². The second kappa shape index (κ2) is 57.1. The lowest BCUT2D eigenvalue weighted by molar-refractivity contribution is -0.143. The number of nitrogens with one attached hydrogen (secondary N) is 15. The van der Waals surface area contributed by atoms with Gasteiger partial charge in [0.1, 0.15) is 102 Å². The van der Waals surface area contributed by atoms with Crippen molar-refractivity contribution in [3.05, 3.63) is 102 Å². The van der Waals surface area contributed by atoms with Crippen molar-refractivity contribution in [2.75, 3.05) is 26.2 Å². The normalized spacial score (nSPS) is 16.4. The summed E-state index contributed by atoms with van der Waals surface area (Å²) < 4.78 is 0. The summed E-state index contributed by atoms with van der Waals surface area (Å²) in [5, 5.41) is 113. The van der Waals surface area contributed by atoms with Gasteiger partial charge in [0.25, 0.3) is 0 Å². The SMILES string of the molecule is CC(C)C[C@H](NC(=O)[C@@H]1CCCN1C(=O)[C@H](Cc1ccccc1)NC(=O)[C@H](C)NC(=O)[C@H](CCC(=O)O)NC(=O)[C@H](C)NC(=O)[C@H](CO)NC(=O)[C@H](CCC(=O)O)NC(=O)[C@H](CC(=O)O)NC(=O)[C@H](CCC(=O)O)NC(=O)[C@H](C)NC(=O)CNC(=O)[C@H](CC(N)=O)NC(=O)[C@@H]1CCCN1C(=O)[C@H](Cc1ccc(O)cc1)NC(=O)[C@@H](N)C(C)C)C(=O)N[C@@H](CCC(=O)O)C(=O)N[C@@H](Cc1ccccc1)C(=O)O. The van der Waals surface area contributed by atoms with Gasteiger partial charge >= 0.3 is 35.8 Å². The Morgan fingerprint density at radius 1 is 0.355 bits per heavy atom. The number of aliphatic hydroxyl groups excluding tert-OH is 1. The molecule has 0 radical (unpaired) electrons. The first-order chi connectivity index (χ1) is 66.4. The maximum Gasteiger partial charge on any atom is 0.326 e. The van der Waals surface area contributed by atoms with Crippen LogP contribution in [-0.4, -0.2) is 322 Å². The minimum atomic E-state index is -2.29. The lowest BCUT2D eigenvalue weighted by atomic mass is 10.0. The summed E-state index contributed by atoms with van der Waals surface area (Å²) in [6.45, 7) is 7.57. The molecule has 0 aromatic heterocycles. The van der Waals surface area contributed by atoms with Crippen molar-refractivity contribution in [3.8, 4) is 5.75 Å². The van der Waals surface area contributed by atoms with E-state index in [2.05, 4.69) is 63.8 Å². The fourth-order valence-corrected chi connectivity index (χ4v) is 14.8. The highest BCUT2D eigenvalue weighted by Crippen LogP contribution is 2.25. The Hall–Kier alpha value is -15.3. The van der Waals surface area contributed by atoms with E-state index in [1.54, 1.807) is 88.4 Å². The van der Waals surface area contributed by atoms with Crippen LogP contribution in [0, 0.1) is 11.8 Å². The average Bonchev–Trinajstić information content (AvgIpc) is 1.70. The van der Waals surface area contributed by atoms with Gasteiger partial charge in [-0.25, -0.2) is 4.79 Å². The van der Waals surface area contributed by atoms with Gasteiger partial charge in [-0.15, -0.1) is 0 Å². The largest absolute Gasteiger partial charge is 0.508 e. The summed E-state index contributed by atoms with van der Waals surface area (Å²) in [5.74, 6) is -30.2. The van der Waals surface area contributed by atoms with Crippen molar-refractivity contribution in [1.29, 1.82) is 0 Å². The van der Waals surface area contributed by atoms with Crippen LogP contribution in [-0.2, 0) is 134 Å². The van der Waals surface area contributed by atoms with E-state index in [0.717, 1.165) is 30.6 Å². The summed E-state index contributed by atoms with van der Waals surface area (Å²) in [5.41, 5.74) is 13.0. The smallest absolute Gasteiger partial charge is 0.326 e. The second-order valence-electron chi connectivity index (χ2n) is 34.7. The highest BCUT2D eigenvalue weighted by atomic mass is 16.4. The zero-order chi connectivity index (χ0) is 105. The number of likely N-dealkylation sites (tertiary alicyclic amines) is 2. The van der Waals surface area contributed by atoms with E-state index in [4.69, 9.17) is 11.5 Å². The molecule has 2 heterocycles. The molecule has 2 saturated heterocycles. The standard InChI is InChI=1S/C90H125N19O32/c1-44(2)36-57(82(132)99-55(28-32-70(118)119)80(130)106-62(90(140)141)39-50-18-12-9-13-19-50)102-85(135)64-20-14-34-108(64)88(138)60(37-49-16-10-8-11-17-49)104-76(126)48(7)95-78(128)53(26-30-68(114)115)97-75(125)47(6)96-84(134)63(43-110)107-81(131)56(29-33-71(120)121)100-83(133)59(41-72(122)123)101-79(129)54(27-31-69(116)117)98-74(124)46(5)94-67(113)42-93-77(127)58(40-66(91)112)103-86(136)65-21-15-35-109(65)89(139)61(105-87(137)73(92)45(3)4)38-51-22-24-52(111)25-23-51/h8-13,16-19,22-25,44-48,53-65,73,110-111H,14-15,20-21,26-43,92H2,1-7H3,(H2,91,112)(H,93,127)(H,94,113)(H,95,128)(H,96,134)(H,97,125)(H,98,124)(H,99,132)(H,100,133)(H,101,129)(H,102,135)(H,103,136)(H,104,126)(H,105,137)(H,106,130)(H,107,131)(H,114,115)(H,116,117)(H,118,119)(H,120,121)(H,122,123)(H,140,141)/t46-,47-,48-,53-,54-,55-,56-,57-,58-,59-,60-,61-,62-,63-,64-,65-,73-/m0/s1. The van der Waals surface area contributed by atoms with Crippen LogP contribution in [0.4, 0.5) is 0 Å². The van der Waals surface area contributed by atoms with Crippen molar-refractivity contribution in [1.82, 2.24) is 89.6 Å². The molecule has 5 rings (SSSR count). The molecule has 772 valence electrons. The summed E-state index contributed by atoms with van der Waals surface area (Å²) in [7, 11) is 0.